The zero-order chi connectivity index (χ0) is 14.1. The maximum Gasteiger partial charge on any atom is 0.329 e. The van der Waals surface area contributed by atoms with Gasteiger partial charge in [0.25, 0.3) is 0 Å². The van der Waals surface area contributed by atoms with E-state index in [0.29, 0.717) is 25.1 Å². The van der Waals surface area contributed by atoms with Crippen molar-refractivity contribution in [1.82, 2.24) is 0 Å². The van der Waals surface area contributed by atoms with Crippen LogP contribution in [-0.4, -0.2) is 28.8 Å². The third kappa shape index (κ3) is 3.04. The number of ether oxygens (including phenoxy) is 1. The molecule has 0 amide bonds. The second-order valence-corrected chi connectivity index (χ2v) is 5.56. The van der Waals surface area contributed by atoms with Gasteiger partial charge in [0.1, 0.15) is 11.4 Å². The SMILES string of the molecule is CC1(C)CC(Nc2cccc(F)c2)(C(=O)O)CCO1. The number of carboxylic acids is 1. The standard InChI is InChI=1S/C14H18FNO3/c1-13(2)9-14(12(17)18,6-7-19-13)16-11-5-3-4-10(15)8-11/h3-5,8,16H,6-7,9H2,1-2H3,(H,17,18). The number of benzene rings is 1. The van der Waals surface area contributed by atoms with Crippen LogP contribution in [0.5, 0.6) is 0 Å². The molecule has 0 bridgehead atoms. The van der Waals surface area contributed by atoms with Gasteiger partial charge < -0.3 is 15.2 Å². The van der Waals surface area contributed by atoms with Crippen molar-refractivity contribution in [2.75, 3.05) is 11.9 Å². The van der Waals surface area contributed by atoms with Gasteiger partial charge in [0.2, 0.25) is 0 Å². The Balaban J connectivity index is 2.28. The van der Waals surface area contributed by atoms with E-state index < -0.39 is 22.9 Å². The van der Waals surface area contributed by atoms with Crippen LogP contribution in [0.2, 0.25) is 0 Å². The molecule has 2 rings (SSSR count). The topological polar surface area (TPSA) is 58.6 Å². The molecule has 1 saturated heterocycles. The predicted octanol–water partition coefficient (Wildman–Crippen LogP) is 2.65. The van der Waals surface area contributed by atoms with Crippen molar-refractivity contribution in [2.24, 2.45) is 0 Å². The highest BCUT2D eigenvalue weighted by Crippen LogP contribution is 2.35. The van der Waals surface area contributed by atoms with Crippen LogP contribution in [0.4, 0.5) is 10.1 Å². The zero-order valence-corrected chi connectivity index (χ0v) is 11.1. The number of carboxylic acid groups (broad SMARTS) is 1. The normalized spacial score (nSPS) is 25.8. The van der Waals surface area contributed by atoms with E-state index in [2.05, 4.69) is 5.32 Å². The van der Waals surface area contributed by atoms with Crippen LogP contribution in [-0.2, 0) is 9.53 Å². The average Bonchev–Trinajstić information content (AvgIpc) is 2.27. The molecule has 1 heterocycles. The van der Waals surface area contributed by atoms with E-state index >= 15 is 0 Å². The largest absolute Gasteiger partial charge is 0.480 e. The van der Waals surface area contributed by atoms with Gasteiger partial charge in [-0.05, 0) is 32.0 Å². The lowest BCUT2D eigenvalue weighted by Gasteiger charge is -2.43. The maximum atomic E-state index is 13.2. The van der Waals surface area contributed by atoms with E-state index in [0.717, 1.165) is 0 Å². The van der Waals surface area contributed by atoms with Gasteiger partial charge >= 0.3 is 5.97 Å². The van der Waals surface area contributed by atoms with Gasteiger partial charge in [-0.1, -0.05) is 6.07 Å². The smallest absolute Gasteiger partial charge is 0.329 e. The summed E-state index contributed by atoms with van der Waals surface area (Å²) in [6, 6.07) is 5.84. The summed E-state index contributed by atoms with van der Waals surface area (Å²) in [4.78, 5) is 11.6. The Bertz CT molecular complexity index is 489. The molecule has 2 N–H and O–H groups in total. The Labute approximate surface area is 111 Å². The molecule has 0 aromatic heterocycles. The monoisotopic (exact) mass is 267 g/mol. The summed E-state index contributed by atoms with van der Waals surface area (Å²) < 4.78 is 18.7. The van der Waals surface area contributed by atoms with Gasteiger partial charge in [-0.15, -0.1) is 0 Å². The van der Waals surface area contributed by atoms with Crippen molar-refractivity contribution in [3.05, 3.63) is 30.1 Å². The summed E-state index contributed by atoms with van der Waals surface area (Å²) >= 11 is 0. The number of carbonyl (C=O) groups is 1. The molecule has 1 aromatic rings. The molecule has 4 nitrogen and oxygen atoms in total. The molecular weight excluding hydrogens is 249 g/mol. The van der Waals surface area contributed by atoms with Gasteiger partial charge in [0.05, 0.1) is 12.2 Å². The molecule has 19 heavy (non-hydrogen) atoms. The van der Waals surface area contributed by atoms with Crippen molar-refractivity contribution in [3.63, 3.8) is 0 Å². The number of nitrogens with one attached hydrogen (secondary N) is 1. The first-order valence-electron chi connectivity index (χ1n) is 6.24. The summed E-state index contributed by atoms with van der Waals surface area (Å²) in [5, 5.41) is 12.5. The van der Waals surface area contributed by atoms with Crippen molar-refractivity contribution < 1.29 is 19.0 Å². The van der Waals surface area contributed by atoms with Crippen LogP contribution in [0.1, 0.15) is 26.7 Å². The van der Waals surface area contributed by atoms with Crippen LogP contribution >= 0.6 is 0 Å². The lowest BCUT2D eigenvalue weighted by molar-refractivity contribution is -0.152. The van der Waals surface area contributed by atoms with E-state index in [1.54, 1.807) is 12.1 Å². The summed E-state index contributed by atoms with van der Waals surface area (Å²) in [7, 11) is 0. The lowest BCUT2D eigenvalue weighted by Crippen LogP contribution is -2.55. The highest BCUT2D eigenvalue weighted by Gasteiger charge is 2.46. The van der Waals surface area contributed by atoms with Gasteiger partial charge in [-0.2, -0.15) is 0 Å². The Morgan fingerprint density at radius 2 is 2.21 bits per heavy atom. The number of aliphatic carboxylic acids is 1. The Morgan fingerprint density at radius 1 is 1.47 bits per heavy atom. The van der Waals surface area contributed by atoms with Crippen molar-refractivity contribution in [1.29, 1.82) is 0 Å². The van der Waals surface area contributed by atoms with Gasteiger partial charge in [0.15, 0.2) is 0 Å². The molecule has 0 spiro atoms. The maximum absolute atomic E-state index is 13.2. The minimum absolute atomic E-state index is 0.325. The highest BCUT2D eigenvalue weighted by atomic mass is 19.1. The summed E-state index contributed by atoms with van der Waals surface area (Å²) in [6.45, 7) is 4.08. The van der Waals surface area contributed by atoms with E-state index in [4.69, 9.17) is 4.74 Å². The Morgan fingerprint density at radius 3 is 2.79 bits per heavy atom. The molecule has 5 heteroatoms. The molecule has 1 fully saturated rings. The van der Waals surface area contributed by atoms with Gasteiger partial charge in [-0.25, -0.2) is 9.18 Å². The van der Waals surface area contributed by atoms with E-state index in [1.165, 1.54) is 12.1 Å². The Hall–Kier alpha value is -1.62. The van der Waals surface area contributed by atoms with Crippen LogP contribution in [0.3, 0.4) is 0 Å². The first-order chi connectivity index (χ1) is 8.83. The van der Waals surface area contributed by atoms with Crippen molar-refractivity contribution >= 4 is 11.7 Å². The number of halogens is 1. The fourth-order valence-electron chi connectivity index (χ4n) is 2.55. The second-order valence-electron chi connectivity index (χ2n) is 5.56. The van der Waals surface area contributed by atoms with Gasteiger partial charge in [0, 0.05) is 18.5 Å². The second kappa shape index (κ2) is 4.81. The first kappa shape index (κ1) is 13.8. The van der Waals surface area contributed by atoms with Gasteiger partial charge in [-0.3, -0.25) is 0 Å². The number of rotatable bonds is 3. The number of hydrogen-bond acceptors (Lipinski definition) is 3. The highest BCUT2D eigenvalue weighted by molar-refractivity contribution is 5.83. The molecular formula is C14H18FNO3. The Kier molecular flexibility index (Phi) is 3.49. The van der Waals surface area contributed by atoms with Crippen LogP contribution < -0.4 is 5.32 Å². The average molecular weight is 267 g/mol. The first-order valence-corrected chi connectivity index (χ1v) is 6.24. The molecule has 1 aliphatic rings. The quantitative estimate of drug-likeness (QED) is 0.884. The third-order valence-corrected chi connectivity index (χ3v) is 3.37. The summed E-state index contributed by atoms with van der Waals surface area (Å²) in [5.41, 5.74) is -1.16. The van der Waals surface area contributed by atoms with Crippen LogP contribution in [0, 0.1) is 5.82 Å². The lowest BCUT2D eigenvalue weighted by atomic mass is 9.81. The minimum atomic E-state index is -1.12. The predicted molar refractivity (Wildman–Crippen MR) is 69.7 cm³/mol. The molecule has 1 atom stereocenters. The number of hydrogen-bond donors (Lipinski definition) is 2. The fourth-order valence-corrected chi connectivity index (χ4v) is 2.55. The number of anilines is 1. The minimum Gasteiger partial charge on any atom is -0.480 e. The van der Waals surface area contributed by atoms with E-state index in [-0.39, 0.29) is 0 Å². The summed E-state index contributed by atoms with van der Waals surface area (Å²) in [5.74, 6) is -1.33. The molecule has 0 aliphatic carbocycles. The van der Waals surface area contributed by atoms with E-state index in [1.807, 2.05) is 13.8 Å². The molecule has 1 aromatic carbocycles. The molecule has 1 aliphatic heterocycles. The van der Waals surface area contributed by atoms with Crippen LogP contribution in [0.25, 0.3) is 0 Å². The molecule has 104 valence electrons. The van der Waals surface area contributed by atoms with Crippen LogP contribution in [0.15, 0.2) is 24.3 Å². The molecule has 0 saturated carbocycles. The third-order valence-electron chi connectivity index (χ3n) is 3.37. The van der Waals surface area contributed by atoms with Crippen molar-refractivity contribution in [2.45, 2.75) is 37.8 Å². The molecule has 1 unspecified atom stereocenters. The summed E-state index contributed by atoms with van der Waals surface area (Å²) in [6.07, 6.45) is 0.675. The molecule has 0 radical (unpaired) electrons. The zero-order valence-electron chi connectivity index (χ0n) is 11.1. The van der Waals surface area contributed by atoms with Crippen molar-refractivity contribution in [3.8, 4) is 0 Å². The fraction of sp³-hybridized carbons (Fsp3) is 0.500. The van der Waals surface area contributed by atoms with E-state index in [9.17, 15) is 14.3 Å².